The molecule has 0 bridgehead atoms. The van der Waals surface area contributed by atoms with Crippen LogP contribution in [0.1, 0.15) is 32.0 Å². The summed E-state index contributed by atoms with van der Waals surface area (Å²) in [7, 11) is 3.43. The molecule has 6 heteroatoms. The Balaban J connectivity index is 1.66. The summed E-state index contributed by atoms with van der Waals surface area (Å²) in [6.07, 6.45) is 1.58. The number of nitrogens with zero attached hydrogens (tertiary/aromatic N) is 3. The van der Waals surface area contributed by atoms with E-state index in [1.165, 1.54) is 4.90 Å². The lowest BCUT2D eigenvalue weighted by Gasteiger charge is -2.11. The summed E-state index contributed by atoms with van der Waals surface area (Å²) in [5.41, 5.74) is 3.78. The summed E-state index contributed by atoms with van der Waals surface area (Å²) >= 11 is 0. The molecule has 2 amide bonds. The SMILES string of the molecule is Cc1c(C(=O)NCc2ccc(C(=O)N(C)C)cc2)cnn1-c1ccccc1. The Morgan fingerprint density at radius 1 is 1.04 bits per heavy atom. The van der Waals surface area contributed by atoms with Crippen LogP contribution in [0.3, 0.4) is 0 Å². The number of rotatable bonds is 5. The average Bonchev–Trinajstić information content (AvgIpc) is 3.08. The van der Waals surface area contributed by atoms with E-state index in [2.05, 4.69) is 10.4 Å². The van der Waals surface area contributed by atoms with Gasteiger partial charge in [-0.15, -0.1) is 0 Å². The van der Waals surface area contributed by atoms with Crippen LogP contribution in [-0.4, -0.2) is 40.6 Å². The van der Waals surface area contributed by atoms with Gasteiger partial charge >= 0.3 is 0 Å². The van der Waals surface area contributed by atoms with Gasteiger partial charge in [0.05, 0.1) is 23.1 Å². The maximum Gasteiger partial charge on any atom is 0.255 e. The van der Waals surface area contributed by atoms with Crippen LogP contribution in [0.2, 0.25) is 0 Å². The molecule has 3 aromatic rings. The molecule has 0 saturated carbocycles. The third-order valence-electron chi connectivity index (χ3n) is 4.32. The van der Waals surface area contributed by atoms with Crippen LogP contribution in [0, 0.1) is 6.92 Å². The molecule has 0 aliphatic carbocycles. The molecule has 0 spiro atoms. The highest BCUT2D eigenvalue weighted by molar-refractivity contribution is 5.95. The predicted octanol–water partition coefficient (Wildman–Crippen LogP) is 2.81. The van der Waals surface area contributed by atoms with Crippen molar-refractivity contribution >= 4 is 11.8 Å². The van der Waals surface area contributed by atoms with E-state index in [1.807, 2.05) is 49.4 Å². The zero-order valence-corrected chi connectivity index (χ0v) is 15.6. The van der Waals surface area contributed by atoms with Crippen molar-refractivity contribution in [3.8, 4) is 5.69 Å². The van der Waals surface area contributed by atoms with E-state index < -0.39 is 0 Å². The van der Waals surface area contributed by atoms with E-state index >= 15 is 0 Å². The van der Waals surface area contributed by atoms with Crippen molar-refractivity contribution in [2.24, 2.45) is 0 Å². The number of carbonyl (C=O) groups is 2. The van der Waals surface area contributed by atoms with Crippen molar-refractivity contribution < 1.29 is 9.59 Å². The summed E-state index contributed by atoms with van der Waals surface area (Å²) in [4.78, 5) is 26.0. The fourth-order valence-corrected chi connectivity index (χ4v) is 2.76. The number of carbonyl (C=O) groups excluding carboxylic acids is 2. The van der Waals surface area contributed by atoms with Crippen molar-refractivity contribution in [2.45, 2.75) is 13.5 Å². The first-order valence-electron chi connectivity index (χ1n) is 8.66. The van der Waals surface area contributed by atoms with Gasteiger partial charge in [-0.05, 0) is 36.8 Å². The van der Waals surface area contributed by atoms with E-state index in [0.29, 0.717) is 17.7 Å². The van der Waals surface area contributed by atoms with Gasteiger partial charge in [0.15, 0.2) is 0 Å². The molecule has 3 rings (SSSR count). The van der Waals surface area contributed by atoms with E-state index in [9.17, 15) is 9.59 Å². The van der Waals surface area contributed by atoms with Crippen LogP contribution in [0.25, 0.3) is 5.69 Å². The quantitative estimate of drug-likeness (QED) is 0.759. The molecule has 2 aromatic carbocycles. The van der Waals surface area contributed by atoms with Gasteiger partial charge < -0.3 is 10.2 Å². The molecule has 0 aliphatic heterocycles. The molecule has 0 unspecified atom stereocenters. The number of aromatic nitrogens is 2. The maximum absolute atomic E-state index is 12.5. The van der Waals surface area contributed by atoms with Gasteiger partial charge in [0.1, 0.15) is 0 Å². The zero-order chi connectivity index (χ0) is 19.4. The van der Waals surface area contributed by atoms with Gasteiger partial charge in [-0.3, -0.25) is 9.59 Å². The number of hydrogen-bond acceptors (Lipinski definition) is 3. The second-order valence-electron chi connectivity index (χ2n) is 6.47. The largest absolute Gasteiger partial charge is 0.348 e. The van der Waals surface area contributed by atoms with Gasteiger partial charge in [0, 0.05) is 26.2 Å². The summed E-state index contributed by atoms with van der Waals surface area (Å²) in [6, 6.07) is 16.9. The first kappa shape index (κ1) is 18.4. The van der Waals surface area contributed by atoms with Crippen LogP contribution < -0.4 is 5.32 Å². The lowest BCUT2D eigenvalue weighted by molar-refractivity contribution is 0.0827. The lowest BCUT2D eigenvalue weighted by Crippen LogP contribution is -2.24. The minimum Gasteiger partial charge on any atom is -0.348 e. The standard InChI is InChI=1S/C21H22N4O2/c1-15-19(14-23-25(15)18-7-5-4-6-8-18)20(26)22-13-16-9-11-17(12-10-16)21(27)24(2)3/h4-12,14H,13H2,1-3H3,(H,22,26). The number of benzene rings is 2. The molecule has 0 saturated heterocycles. The molecule has 1 heterocycles. The monoisotopic (exact) mass is 362 g/mol. The van der Waals surface area contributed by atoms with Gasteiger partial charge in [-0.25, -0.2) is 4.68 Å². The topological polar surface area (TPSA) is 67.2 Å². The Bertz CT molecular complexity index is 944. The molecule has 0 atom stereocenters. The molecule has 0 aliphatic rings. The lowest BCUT2D eigenvalue weighted by atomic mass is 10.1. The van der Waals surface area contributed by atoms with Gasteiger partial charge in [-0.1, -0.05) is 30.3 Å². The van der Waals surface area contributed by atoms with Crippen molar-refractivity contribution in [3.63, 3.8) is 0 Å². The summed E-state index contributed by atoms with van der Waals surface area (Å²) in [5, 5.41) is 7.23. The number of amides is 2. The molecule has 138 valence electrons. The minimum absolute atomic E-state index is 0.0467. The highest BCUT2D eigenvalue weighted by Crippen LogP contribution is 2.14. The summed E-state index contributed by atoms with van der Waals surface area (Å²) in [6.45, 7) is 2.25. The Labute approximate surface area is 158 Å². The smallest absolute Gasteiger partial charge is 0.255 e. The number of para-hydroxylation sites is 1. The number of nitrogens with one attached hydrogen (secondary N) is 1. The van der Waals surface area contributed by atoms with Crippen LogP contribution in [0.5, 0.6) is 0 Å². The third-order valence-corrected chi connectivity index (χ3v) is 4.32. The normalized spacial score (nSPS) is 10.5. The van der Waals surface area contributed by atoms with Gasteiger partial charge in [-0.2, -0.15) is 5.10 Å². The second kappa shape index (κ2) is 7.86. The first-order chi connectivity index (χ1) is 13.0. The van der Waals surface area contributed by atoms with Crippen LogP contribution in [-0.2, 0) is 6.54 Å². The van der Waals surface area contributed by atoms with E-state index in [4.69, 9.17) is 0 Å². The van der Waals surface area contributed by atoms with Crippen LogP contribution in [0.15, 0.2) is 60.8 Å². The van der Waals surface area contributed by atoms with Crippen molar-refractivity contribution in [1.82, 2.24) is 20.0 Å². The molecule has 1 aromatic heterocycles. The van der Waals surface area contributed by atoms with Crippen molar-refractivity contribution in [3.05, 3.63) is 83.2 Å². The highest BCUT2D eigenvalue weighted by Gasteiger charge is 2.15. The molecular weight excluding hydrogens is 340 g/mol. The van der Waals surface area contributed by atoms with Gasteiger partial charge in [0.2, 0.25) is 0 Å². The Kier molecular flexibility index (Phi) is 5.35. The van der Waals surface area contributed by atoms with E-state index in [1.54, 1.807) is 37.1 Å². The molecular formula is C21H22N4O2. The third kappa shape index (κ3) is 4.06. The zero-order valence-electron chi connectivity index (χ0n) is 15.6. The van der Waals surface area contributed by atoms with E-state index in [-0.39, 0.29) is 11.8 Å². The molecule has 0 radical (unpaired) electrons. The average molecular weight is 362 g/mol. The Hall–Kier alpha value is -3.41. The Morgan fingerprint density at radius 2 is 1.70 bits per heavy atom. The molecule has 6 nitrogen and oxygen atoms in total. The fourth-order valence-electron chi connectivity index (χ4n) is 2.76. The van der Waals surface area contributed by atoms with E-state index in [0.717, 1.165) is 16.9 Å². The molecule has 1 N–H and O–H groups in total. The second-order valence-corrected chi connectivity index (χ2v) is 6.47. The van der Waals surface area contributed by atoms with Crippen molar-refractivity contribution in [2.75, 3.05) is 14.1 Å². The Morgan fingerprint density at radius 3 is 2.33 bits per heavy atom. The maximum atomic E-state index is 12.5. The molecule has 0 fully saturated rings. The van der Waals surface area contributed by atoms with Crippen molar-refractivity contribution in [1.29, 1.82) is 0 Å². The first-order valence-corrected chi connectivity index (χ1v) is 8.66. The van der Waals surface area contributed by atoms with Crippen LogP contribution in [0.4, 0.5) is 0 Å². The predicted molar refractivity (Wildman–Crippen MR) is 104 cm³/mol. The number of hydrogen-bond donors (Lipinski definition) is 1. The summed E-state index contributed by atoms with van der Waals surface area (Å²) in [5.74, 6) is -0.224. The van der Waals surface area contributed by atoms with Crippen LogP contribution >= 0.6 is 0 Å². The highest BCUT2D eigenvalue weighted by atomic mass is 16.2. The minimum atomic E-state index is -0.178. The van der Waals surface area contributed by atoms with Gasteiger partial charge in [0.25, 0.3) is 11.8 Å². The summed E-state index contributed by atoms with van der Waals surface area (Å²) < 4.78 is 1.75. The fraction of sp³-hybridized carbons (Fsp3) is 0.190. The molecule has 27 heavy (non-hydrogen) atoms.